The molecule has 0 heterocycles. The smallest absolute Gasteiger partial charge is 0.126 e. The van der Waals surface area contributed by atoms with Crippen molar-refractivity contribution in [1.82, 2.24) is 5.32 Å². The first-order valence-corrected chi connectivity index (χ1v) is 7.36. The molecule has 0 amide bonds. The SMILES string of the molecule is CCCNCC=Cc1cc(Br)ccc1OCCC. The Morgan fingerprint density at radius 2 is 2.11 bits per heavy atom. The van der Waals surface area contributed by atoms with Crippen LogP contribution in [-0.2, 0) is 0 Å². The first-order valence-electron chi connectivity index (χ1n) is 6.57. The van der Waals surface area contributed by atoms with E-state index in [-0.39, 0.29) is 0 Å². The molecule has 0 aliphatic carbocycles. The standard InChI is InChI=1S/C15H22BrNO/c1-3-9-17-10-5-6-13-12-14(16)7-8-15(13)18-11-4-2/h5-8,12,17H,3-4,9-11H2,1-2H3. The van der Waals surface area contributed by atoms with Gasteiger partial charge >= 0.3 is 0 Å². The van der Waals surface area contributed by atoms with Crippen molar-refractivity contribution in [3.63, 3.8) is 0 Å². The first kappa shape index (κ1) is 15.3. The van der Waals surface area contributed by atoms with Gasteiger partial charge in [-0.2, -0.15) is 0 Å². The molecule has 1 rings (SSSR count). The molecule has 1 aromatic carbocycles. The summed E-state index contributed by atoms with van der Waals surface area (Å²) in [6.07, 6.45) is 6.43. The van der Waals surface area contributed by atoms with Crippen LogP contribution in [0.15, 0.2) is 28.7 Å². The molecular weight excluding hydrogens is 290 g/mol. The van der Waals surface area contributed by atoms with Gasteiger partial charge in [0.2, 0.25) is 0 Å². The Kier molecular flexibility index (Phi) is 7.78. The highest BCUT2D eigenvalue weighted by molar-refractivity contribution is 9.10. The van der Waals surface area contributed by atoms with Crippen molar-refractivity contribution in [3.05, 3.63) is 34.3 Å². The average molecular weight is 312 g/mol. The van der Waals surface area contributed by atoms with Crippen molar-refractivity contribution in [2.24, 2.45) is 0 Å². The molecule has 1 aromatic rings. The van der Waals surface area contributed by atoms with Gasteiger partial charge in [0.25, 0.3) is 0 Å². The van der Waals surface area contributed by atoms with Crippen LogP contribution in [0.25, 0.3) is 6.08 Å². The van der Waals surface area contributed by atoms with Crippen LogP contribution >= 0.6 is 15.9 Å². The van der Waals surface area contributed by atoms with E-state index in [1.807, 2.05) is 12.1 Å². The minimum absolute atomic E-state index is 0.760. The molecule has 100 valence electrons. The monoisotopic (exact) mass is 311 g/mol. The van der Waals surface area contributed by atoms with E-state index in [1.165, 1.54) is 0 Å². The van der Waals surface area contributed by atoms with E-state index < -0.39 is 0 Å². The van der Waals surface area contributed by atoms with E-state index in [0.717, 1.165) is 48.3 Å². The molecule has 0 atom stereocenters. The second-order valence-corrected chi connectivity index (χ2v) is 5.05. The summed E-state index contributed by atoms with van der Waals surface area (Å²) in [5.41, 5.74) is 1.12. The molecule has 0 bridgehead atoms. The summed E-state index contributed by atoms with van der Waals surface area (Å²) in [6.45, 7) is 7.00. The van der Waals surface area contributed by atoms with Crippen molar-refractivity contribution in [2.45, 2.75) is 26.7 Å². The number of nitrogens with one attached hydrogen (secondary N) is 1. The van der Waals surface area contributed by atoms with Crippen molar-refractivity contribution < 1.29 is 4.74 Å². The molecule has 0 unspecified atom stereocenters. The average Bonchev–Trinajstić information content (AvgIpc) is 2.37. The predicted molar refractivity (Wildman–Crippen MR) is 82.1 cm³/mol. The third-order valence-electron chi connectivity index (χ3n) is 2.42. The molecule has 0 fully saturated rings. The number of hydrogen-bond acceptors (Lipinski definition) is 2. The van der Waals surface area contributed by atoms with Crippen molar-refractivity contribution in [2.75, 3.05) is 19.7 Å². The van der Waals surface area contributed by atoms with Crippen LogP contribution in [0.5, 0.6) is 5.75 Å². The van der Waals surface area contributed by atoms with Gasteiger partial charge in [-0.15, -0.1) is 0 Å². The molecule has 2 nitrogen and oxygen atoms in total. The fourth-order valence-corrected chi connectivity index (χ4v) is 1.92. The van der Waals surface area contributed by atoms with Gasteiger partial charge in [0.1, 0.15) is 5.75 Å². The number of ether oxygens (including phenoxy) is 1. The molecule has 0 spiro atoms. The van der Waals surface area contributed by atoms with E-state index in [9.17, 15) is 0 Å². The van der Waals surface area contributed by atoms with Crippen molar-refractivity contribution in [1.29, 1.82) is 0 Å². The van der Waals surface area contributed by atoms with E-state index in [2.05, 4.69) is 53.3 Å². The summed E-state index contributed by atoms with van der Waals surface area (Å²) in [6, 6.07) is 6.11. The molecule has 3 heteroatoms. The second-order valence-electron chi connectivity index (χ2n) is 4.14. The highest BCUT2D eigenvalue weighted by Gasteiger charge is 2.01. The maximum atomic E-state index is 5.73. The lowest BCUT2D eigenvalue weighted by atomic mass is 10.2. The third kappa shape index (κ3) is 5.69. The summed E-state index contributed by atoms with van der Waals surface area (Å²) >= 11 is 3.49. The topological polar surface area (TPSA) is 21.3 Å². The number of halogens is 1. The quantitative estimate of drug-likeness (QED) is 0.725. The van der Waals surface area contributed by atoms with Crippen molar-refractivity contribution in [3.8, 4) is 5.75 Å². The lowest BCUT2D eigenvalue weighted by Gasteiger charge is -2.08. The molecule has 18 heavy (non-hydrogen) atoms. The minimum Gasteiger partial charge on any atom is -0.493 e. The minimum atomic E-state index is 0.760. The molecule has 0 radical (unpaired) electrons. The predicted octanol–water partition coefficient (Wildman–Crippen LogP) is 4.25. The van der Waals surface area contributed by atoms with Gasteiger partial charge in [-0.05, 0) is 37.6 Å². The van der Waals surface area contributed by atoms with Gasteiger partial charge in [0.15, 0.2) is 0 Å². The summed E-state index contributed by atoms with van der Waals surface area (Å²) in [7, 11) is 0. The Hall–Kier alpha value is -0.800. The lowest BCUT2D eigenvalue weighted by molar-refractivity contribution is 0.317. The van der Waals surface area contributed by atoms with Crippen LogP contribution in [-0.4, -0.2) is 19.7 Å². The molecule has 0 aliphatic heterocycles. The molecule has 0 saturated heterocycles. The Balaban J connectivity index is 2.63. The van der Waals surface area contributed by atoms with E-state index in [1.54, 1.807) is 0 Å². The van der Waals surface area contributed by atoms with Crippen LogP contribution in [0.4, 0.5) is 0 Å². The fraction of sp³-hybridized carbons (Fsp3) is 0.467. The number of rotatable bonds is 8. The maximum absolute atomic E-state index is 5.73. The van der Waals surface area contributed by atoms with Gasteiger partial charge in [0, 0.05) is 16.6 Å². The Bertz CT molecular complexity index is 377. The Morgan fingerprint density at radius 3 is 2.83 bits per heavy atom. The fourth-order valence-electron chi connectivity index (χ4n) is 1.54. The summed E-state index contributed by atoms with van der Waals surface area (Å²) in [5.74, 6) is 0.951. The number of hydrogen-bond donors (Lipinski definition) is 1. The molecule has 0 aliphatic rings. The molecule has 0 saturated carbocycles. The van der Waals surface area contributed by atoms with Crippen molar-refractivity contribution >= 4 is 22.0 Å². The van der Waals surface area contributed by atoms with E-state index in [0.29, 0.717) is 0 Å². The van der Waals surface area contributed by atoms with Gasteiger partial charge in [-0.1, -0.05) is 41.9 Å². The Morgan fingerprint density at radius 1 is 1.28 bits per heavy atom. The van der Waals surface area contributed by atoms with Gasteiger partial charge in [-0.3, -0.25) is 0 Å². The van der Waals surface area contributed by atoms with Crippen LogP contribution in [0, 0.1) is 0 Å². The highest BCUT2D eigenvalue weighted by atomic mass is 79.9. The summed E-state index contributed by atoms with van der Waals surface area (Å²) < 4.78 is 6.80. The van der Waals surface area contributed by atoms with Crippen LogP contribution in [0.2, 0.25) is 0 Å². The zero-order valence-corrected chi connectivity index (χ0v) is 12.8. The van der Waals surface area contributed by atoms with E-state index in [4.69, 9.17) is 4.74 Å². The summed E-state index contributed by atoms with van der Waals surface area (Å²) in [4.78, 5) is 0. The Labute approximate surface area is 119 Å². The first-order chi connectivity index (χ1) is 8.77. The summed E-state index contributed by atoms with van der Waals surface area (Å²) in [5, 5.41) is 3.34. The highest BCUT2D eigenvalue weighted by Crippen LogP contribution is 2.24. The largest absolute Gasteiger partial charge is 0.493 e. The van der Waals surface area contributed by atoms with Crippen LogP contribution in [0.3, 0.4) is 0 Å². The van der Waals surface area contributed by atoms with Gasteiger partial charge < -0.3 is 10.1 Å². The molecule has 0 aromatic heterocycles. The van der Waals surface area contributed by atoms with Gasteiger partial charge in [0.05, 0.1) is 6.61 Å². The van der Waals surface area contributed by atoms with E-state index >= 15 is 0 Å². The van der Waals surface area contributed by atoms with Crippen LogP contribution < -0.4 is 10.1 Å². The van der Waals surface area contributed by atoms with Crippen LogP contribution in [0.1, 0.15) is 32.3 Å². The lowest BCUT2D eigenvalue weighted by Crippen LogP contribution is -2.13. The third-order valence-corrected chi connectivity index (χ3v) is 2.91. The normalized spacial score (nSPS) is 11.1. The van der Waals surface area contributed by atoms with Gasteiger partial charge in [-0.25, -0.2) is 0 Å². The maximum Gasteiger partial charge on any atom is 0.126 e. The molecular formula is C15H22BrNO. The number of benzene rings is 1. The zero-order chi connectivity index (χ0) is 13.2. The second kappa shape index (κ2) is 9.17. The molecule has 1 N–H and O–H groups in total. The zero-order valence-electron chi connectivity index (χ0n) is 11.2.